The lowest BCUT2D eigenvalue weighted by molar-refractivity contribution is -0.0144. The lowest BCUT2D eigenvalue weighted by Gasteiger charge is -2.11. The fourth-order valence-corrected chi connectivity index (χ4v) is 0.794. The summed E-state index contributed by atoms with van der Waals surface area (Å²) >= 11 is 15.1. The zero-order valence-corrected chi connectivity index (χ0v) is 7.53. The number of hydrogen-bond acceptors (Lipinski definition) is 3. The van der Waals surface area contributed by atoms with E-state index in [4.69, 9.17) is 44.8 Å². The molecule has 0 aliphatic carbocycles. The second-order valence-electron chi connectivity index (χ2n) is 1.24. The van der Waals surface area contributed by atoms with Crippen LogP contribution in [0, 0.1) is 0 Å². The third kappa shape index (κ3) is 4.63. The fourth-order valence-electron chi connectivity index (χ4n) is 0.145. The molecule has 0 radical (unpaired) electrons. The highest BCUT2D eigenvalue weighted by Gasteiger charge is 2.38. The van der Waals surface area contributed by atoms with Gasteiger partial charge in [0.2, 0.25) is 3.79 Å². The van der Waals surface area contributed by atoms with Gasteiger partial charge in [0.25, 0.3) is 6.29 Å². The van der Waals surface area contributed by atoms with Gasteiger partial charge in [0, 0.05) is 4.57 Å². The minimum atomic E-state index is -2.96. The third-order valence-corrected chi connectivity index (χ3v) is 1.41. The Morgan fingerprint density at radius 2 is 1.90 bits per heavy atom. The number of aliphatic hydroxyl groups excluding tert-OH is 1. The third-order valence-electron chi connectivity index (χ3n) is 0.470. The molecule has 2 N–H and O–H groups in total. The van der Waals surface area contributed by atoms with Gasteiger partial charge < -0.3 is 5.11 Å². The van der Waals surface area contributed by atoms with Gasteiger partial charge in [0.15, 0.2) is 0 Å². The van der Waals surface area contributed by atoms with E-state index in [9.17, 15) is 4.57 Å². The molecule has 0 rings (SSSR count). The van der Waals surface area contributed by atoms with Crippen LogP contribution in [0.25, 0.3) is 0 Å². The number of alkyl halides is 3. The van der Waals surface area contributed by atoms with Crippen LogP contribution < -0.4 is 0 Å². The largest absolute Gasteiger partial charge is 0.697 e. The van der Waals surface area contributed by atoms with E-state index >= 15 is 0 Å². The minimum Gasteiger partial charge on any atom is -0.361 e. The number of aliphatic hydroxyl groups is 1. The van der Waals surface area contributed by atoms with E-state index in [1.807, 2.05) is 0 Å². The molecule has 60 valence electrons. The van der Waals surface area contributed by atoms with Crippen molar-refractivity contribution in [3.05, 3.63) is 0 Å². The maximum atomic E-state index is 9.85. The predicted octanol–water partition coefficient (Wildman–Crippen LogP) is 1.34. The van der Waals surface area contributed by atoms with Crippen LogP contribution in [0.5, 0.6) is 0 Å². The molecule has 0 bridgehead atoms. The normalized spacial score (nSPS) is 16.7. The van der Waals surface area contributed by atoms with Crippen LogP contribution >= 0.6 is 43.1 Å². The standard InChI is InChI=1S/C2H2Cl3O4P/c3-2(4,5)1(6)9-10(7)8/h1,6H/p+1. The van der Waals surface area contributed by atoms with Crippen LogP contribution in [0.4, 0.5) is 0 Å². The molecular weight excluding hydrogens is 225 g/mol. The average Bonchev–Trinajstić information content (AvgIpc) is 1.60. The van der Waals surface area contributed by atoms with E-state index in [2.05, 4.69) is 4.52 Å². The molecule has 0 fully saturated rings. The SMILES string of the molecule is O=[P+](O)OC(O)C(Cl)(Cl)Cl. The highest BCUT2D eigenvalue weighted by Crippen LogP contribution is 2.34. The average molecular weight is 228 g/mol. The van der Waals surface area contributed by atoms with Gasteiger partial charge in [-0.3, -0.25) is 0 Å². The molecule has 10 heavy (non-hydrogen) atoms. The van der Waals surface area contributed by atoms with Gasteiger partial charge in [-0.15, -0.1) is 4.89 Å². The van der Waals surface area contributed by atoms with E-state index in [0.717, 1.165) is 0 Å². The molecule has 0 aliphatic heterocycles. The van der Waals surface area contributed by atoms with Gasteiger partial charge in [-0.1, -0.05) is 39.3 Å². The van der Waals surface area contributed by atoms with Crippen molar-refractivity contribution < 1.29 is 19.1 Å². The molecule has 0 amide bonds. The zero-order valence-electron chi connectivity index (χ0n) is 4.37. The first-order chi connectivity index (χ1) is 4.34. The van der Waals surface area contributed by atoms with E-state index in [0.29, 0.717) is 0 Å². The van der Waals surface area contributed by atoms with Crippen LogP contribution in [0.2, 0.25) is 0 Å². The summed E-state index contributed by atoms with van der Waals surface area (Å²) in [4.78, 5) is 8.04. The van der Waals surface area contributed by atoms with Gasteiger partial charge in [0.05, 0.1) is 0 Å². The van der Waals surface area contributed by atoms with Crippen molar-refractivity contribution in [2.45, 2.75) is 10.1 Å². The zero-order chi connectivity index (χ0) is 8.36. The maximum absolute atomic E-state index is 9.85. The summed E-state index contributed by atoms with van der Waals surface area (Å²) in [6, 6.07) is 0. The second-order valence-corrected chi connectivity index (χ2v) is 4.29. The Balaban J connectivity index is 3.85. The van der Waals surface area contributed by atoms with E-state index in [1.165, 1.54) is 0 Å². The monoisotopic (exact) mass is 227 g/mol. The quantitative estimate of drug-likeness (QED) is 0.425. The maximum Gasteiger partial charge on any atom is 0.697 e. The van der Waals surface area contributed by atoms with Crippen LogP contribution in [-0.2, 0) is 9.09 Å². The van der Waals surface area contributed by atoms with Crippen LogP contribution in [0.1, 0.15) is 0 Å². The fraction of sp³-hybridized carbons (Fsp3) is 1.00. The summed E-state index contributed by atoms with van der Waals surface area (Å²) < 4.78 is 11.6. The summed E-state index contributed by atoms with van der Waals surface area (Å²) in [5.41, 5.74) is 0. The number of rotatable bonds is 2. The van der Waals surface area contributed by atoms with Gasteiger partial charge in [0.1, 0.15) is 0 Å². The van der Waals surface area contributed by atoms with Crippen molar-refractivity contribution in [1.82, 2.24) is 0 Å². The Morgan fingerprint density at radius 1 is 1.50 bits per heavy atom. The van der Waals surface area contributed by atoms with Gasteiger partial charge in [-0.25, -0.2) is 0 Å². The summed E-state index contributed by atoms with van der Waals surface area (Å²) in [6.45, 7) is 0. The first-order valence-corrected chi connectivity index (χ1v) is 4.18. The van der Waals surface area contributed by atoms with Gasteiger partial charge in [-0.2, -0.15) is 0 Å². The molecule has 0 aromatic carbocycles. The topological polar surface area (TPSA) is 66.8 Å². The van der Waals surface area contributed by atoms with Crippen molar-refractivity contribution in [2.75, 3.05) is 0 Å². The molecule has 0 aromatic heterocycles. The summed E-state index contributed by atoms with van der Waals surface area (Å²) in [5.74, 6) is 0. The van der Waals surface area contributed by atoms with E-state index in [1.54, 1.807) is 0 Å². The first kappa shape index (κ1) is 10.8. The van der Waals surface area contributed by atoms with Crippen molar-refractivity contribution in [3.63, 3.8) is 0 Å². The summed E-state index contributed by atoms with van der Waals surface area (Å²) in [7, 11) is -2.96. The molecule has 0 spiro atoms. The van der Waals surface area contributed by atoms with Gasteiger partial charge >= 0.3 is 8.25 Å². The molecule has 0 heterocycles. The highest BCUT2D eigenvalue weighted by molar-refractivity contribution is 7.32. The minimum absolute atomic E-state index is 1.90. The Kier molecular flexibility index (Phi) is 4.36. The lowest BCUT2D eigenvalue weighted by Crippen LogP contribution is -2.25. The van der Waals surface area contributed by atoms with Crippen LogP contribution in [0.15, 0.2) is 0 Å². The van der Waals surface area contributed by atoms with Crippen LogP contribution in [-0.4, -0.2) is 20.1 Å². The molecule has 0 aliphatic rings. The predicted molar refractivity (Wildman–Crippen MR) is 37.2 cm³/mol. The Morgan fingerprint density at radius 3 is 2.00 bits per heavy atom. The van der Waals surface area contributed by atoms with Crippen LogP contribution in [0.3, 0.4) is 0 Å². The second kappa shape index (κ2) is 4.02. The molecule has 0 saturated carbocycles. The smallest absolute Gasteiger partial charge is 0.361 e. The van der Waals surface area contributed by atoms with E-state index in [-0.39, 0.29) is 0 Å². The Labute approximate surface area is 72.6 Å². The molecular formula is C2H3Cl3O4P+. The number of hydrogen-bond donors (Lipinski definition) is 2. The van der Waals surface area contributed by atoms with Crippen molar-refractivity contribution in [1.29, 1.82) is 0 Å². The molecule has 2 atom stereocenters. The van der Waals surface area contributed by atoms with E-state index < -0.39 is 18.3 Å². The molecule has 0 aromatic rings. The molecule has 0 saturated heterocycles. The van der Waals surface area contributed by atoms with Crippen molar-refractivity contribution in [3.8, 4) is 0 Å². The summed E-state index contributed by atoms with van der Waals surface area (Å²) in [6.07, 6.45) is -1.90. The molecule has 4 nitrogen and oxygen atoms in total. The van der Waals surface area contributed by atoms with Crippen molar-refractivity contribution in [2.24, 2.45) is 0 Å². The lowest BCUT2D eigenvalue weighted by atomic mass is 10.8. The highest BCUT2D eigenvalue weighted by atomic mass is 35.6. The molecule has 2 unspecified atom stereocenters. The Hall–Kier alpha value is 0.850. The van der Waals surface area contributed by atoms with Gasteiger partial charge in [-0.05, 0) is 0 Å². The first-order valence-electron chi connectivity index (χ1n) is 1.91. The summed E-state index contributed by atoms with van der Waals surface area (Å²) in [5, 5.41) is 8.59. The molecule has 8 heteroatoms. The number of halogens is 3. The van der Waals surface area contributed by atoms with Crippen molar-refractivity contribution >= 4 is 43.1 Å². The Bertz CT molecular complexity index is 133.